The van der Waals surface area contributed by atoms with Crippen molar-refractivity contribution < 1.29 is 14.6 Å². The highest BCUT2D eigenvalue weighted by Crippen LogP contribution is 2.34. The standard InChI is InChI=1S/C32H36N6O3/c1-5-29(39)34-24-10-6-8-22(18-24)26-11-7-9-23-20-33-31(36-30(23)26)35-27-13-12-25(19-28(27)41-4)38-16-14-37(15-17-38)21-32(2,3)40/h5-13,18-20,40H,1,14-17,21H2,2-4H3,(H,34,39)(H,33,35,36). The predicted molar refractivity (Wildman–Crippen MR) is 165 cm³/mol. The number of nitrogens with zero attached hydrogens (tertiary/aromatic N) is 4. The number of fused-ring (bicyclic) bond motifs is 1. The third-order valence-corrected chi connectivity index (χ3v) is 7.02. The second-order valence-electron chi connectivity index (χ2n) is 10.8. The maximum absolute atomic E-state index is 11.8. The van der Waals surface area contributed by atoms with Gasteiger partial charge in [0, 0.05) is 67.3 Å². The minimum atomic E-state index is -0.697. The molecule has 0 atom stereocenters. The van der Waals surface area contributed by atoms with Gasteiger partial charge in [-0.15, -0.1) is 0 Å². The molecule has 1 aliphatic rings. The first-order valence-electron chi connectivity index (χ1n) is 13.7. The average Bonchev–Trinajstić information content (AvgIpc) is 2.96. The topological polar surface area (TPSA) is 103 Å². The second kappa shape index (κ2) is 12.0. The fourth-order valence-electron chi connectivity index (χ4n) is 5.12. The number of anilines is 4. The van der Waals surface area contributed by atoms with Crippen LogP contribution in [0.15, 0.2) is 79.5 Å². The number of para-hydroxylation sites is 1. The van der Waals surface area contributed by atoms with E-state index in [0.29, 0.717) is 23.9 Å². The van der Waals surface area contributed by atoms with Gasteiger partial charge in [0.25, 0.3) is 0 Å². The summed E-state index contributed by atoms with van der Waals surface area (Å²) in [5, 5.41) is 17.2. The summed E-state index contributed by atoms with van der Waals surface area (Å²) in [7, 11) is 1.66. The van der Waals surface area contributed by atoms with Crippen molar-refractivity contribution in [3.8, 4) is 16.9 Å². The zero-order valence-corrected chi connectivity index (χ0v) is 23.7. The Kier molecular flexibility index (Phi) is 8.19. The van der Waals surface area contributed by atoms with Crippen molar-refractivity contribution in [2.24, 2.45) is 0 Å². The van der Waals surface area contributed by atoms with Crippen LogP contribution in [0.3, 0.4) is 0 Å². The van der Waals surface area contributed by atoms with Crippen LogP contribution >= 0.6 is 0 Å². The van der Waals surface area contributed by atoms with Gasteiger partial charge in [-0.25, -0.2) is 9.97 Å². The van der Waals surface area contributed by atoms with Gasteiger partial charge in [-0.2, -0.15) is 0 Å². The van der Waals surface area contributed by atoms with Crippen LogP contribution in [0.5, 0.6) is 5.75 Å². The van der Waals surface area contributed by atoms with E-state index in [4.69, 9.17) is 9.72 Å². The SMILES string of the molecule is C=CC(=O)Nc1cccc(-c2cccc3cnc(Nc4ccc(N5CCN(CC(C)(C)O)CC5)cc4OC)nc23)c1. The molecule has 0 unspecified atom stereocenters. The number of aromatic nitrogens is 2. The lowest BCUT2D eigenvalue weighted by molar-refractivity contribution is -0.111. The molecule has 1 aliphatic heterocycles. The highest BCUT2D eigenvalue weighted by atomic mass is 16.5. The van der Waals surface area contributed by atoms with E-state index in [0.717, 1.165) is 59.6 Å². The maximum Gasteiger partial charge on any atom is 0.247 e. The van der Waals surface area contributed by atoms with Gasteiger partial charge >= 0.3 is 0 Å². The number of β-amino-alcohol motifs (C(OH)–C–C–N with tert-alkyl or cyclic N) is 1. The van der Waals surface area contributed by atoms with Crippen molar-refractivity contribution in [1.82, 2.24) is 14.9 Å². The number of carbonyl (C=O) groups excluding carboxylic acids is 1. The van der Waals surface area contributed by atoms with E-state index < -0.39 is 5.60 Å². The van der Waals surface area contributed by atoms with Crippen molar-refractivity contribution in [3.63, 3.8) is 0 Å². The number of hydrogen-bond donors (Lipinski definition) is 3. The summed E-state index contributed by atoms with van der Waals surface area (Å²) in [5.74, 6) is 0.887. The smallest absolute Gasteiger partial charge is 0.247 e. The van der Waals surface area contributed by atoms with Crippen molar-refractivity contribution in [1.29, 1.82) is 0 Å². The summed E-state index contributed by atoms with van der Waals surface area (Å²) in [5.41, 5.74) is 4.47. The molecule has 9 heteroatoms. The Labute approximate surface area is 240 Å². The van der Waals surface area contributed by atoms with Crippen molar-refractivity contribution in [2.75, 3.05) is 55.4 Å². The Balaban J connectivity index is 1.36. The number of rotatable bonds is 9. The number of carbonyl (C=O) groups is 1. The third-order valence-electron chi connectivity index (χ3n) is 7.02. The number of methoxy groups -OCH3 is 1. The molecule has 1 amide bonds. The molecule has 3 aromatic carbocycles. The fourth-order valence-corrected chi connectivity index (χ4v) is 5.12. The van der Waals surface area contributed by atoms with Crippen molar-refractivity contribution in [2.45, 2.75) is 19.4 Å². The molecule has 212 valence electrons. The normalized spacial score (nSPS) is 14.1. The summed E-state index contributed by atoms with van der Waals surface area (Å²) >= 11 is 0. The quantitative estimate of drug-likeness (QED) is 0.248. The molecular weight excluding hydrogens is 516 g/mol. The van der Waals surface area contributed by atoms with Gasteiger partial charge in [-0.1, -0.05) is 36.9 Å². The number of benzene rings is 3. The summed E-state index contributed by atoms with van der Waals surface area (Å²) in [6.45, 7) is 11.4. The Hall–Kier alpha value is -4.47. The Morgan fingerprint density at radius 3 is 2.61 bits per heavy atom. The predicted octanol–water partition coefficient (Wildman–Crippen LogP) is 5.07. The first-order chi connectivity index (χ1) is 19.7. The summed E-state index contributed by atoms with van der Waals surface area (Å²) in [6, 6.07) is 19.7. The molecule has 1 aromatic heterocycles. The van der Waals surface area contributed by atoms with E-state index in [-0.39, 0.29) is 5.91 Å². The molecule has 3 N–H and O–H groups in total. The van der Waals surface area contributed by atoms with Gasteiger partial charge in [0.15, 0.2) is 0 Å². The van der Waals surface area contributed by atoms with Gasteiger partial charge in [-0.05, 0) is 49.8 Å². The minimum absolute atomic E-state index is 0.262. The number of aliphatic hydroxyl groups is 1. The fraction of sp³-hybridized carbons (Fsp3) is 0.281. The first-order valence-corrected chi connectivity index (χ1v) is 13.7. The van der Waals surface area contributed by atoms with Gasteiger partial charge in [0.1, 0.15) is 5.75 Å². The summed E-state index contributed by atoms with van der Waals surface area (Å²) < 4.78 is 5.74. The lowest BCUT2D eigenvalue weighted by Gasteiger charge is -2.38. The van der Waals surface area contributed by atoms with Crippen LogP contribution in [0.1, 0.15) is 13.8 Å². The number of nitrogens with one attached hydrogen (secondary N) is 2. The Morgan fingerprint density at radius 2 is 1.88 bits per heavy atom. The molecule has 1 fully saturated rings. The van der Waals surface area contributed by atoms with Crippen LogP contribution in [-0.2, 0) is 4.79 Å². The molecule has 0 saturated carbocycles. The van der Waals surface area contributed by atoms with Crippen LogP contribution in [0.2, 0.25) is 0 Å². The van der Waals surface area contributed by atoms with Crippen LogP contribution in [-0.4, -0.2) is 71.3 Å². The Morgan fingerprint density at radius 1 is 1.10 bits per heavy atom. The third kappa shape index (κ3) is 6.82. The molecule has 41 heavy (non-hydrogen) atoms. The zero-order chi connectivity index (χ0) is 29.0. The highest BCUT2D eigenvalue weighted by molar-refractivity contribution is 6.00. The number of ether oxygens (including phenoxy) is 1. The van der Waals surface area contributed by atoms with Crippen LogP contribution in [0.25, 0.3) is 22.0 Å². The molecular formula is C32H36N6O3. The van der Waals surface area contributed by atoms with Gasteiger partial charge in [0.2, 0.25) is 11.9 Å². The summed E-state index contributed by atoms with van der Waals surface area (Å²) in [6.07, 6.45) is 3.04. The van der Waals surface area contributed by atoms with Crippen LogP contribution < -0.4 is 20.3 Å². The molecule has 0 aliphatic carbocycles. The maximum atomic E-state index is 11.8. The molecule has 0 bridgehead atoms. The lowest BCUT2D eigenvalue weighted by atomic mass is 10.0. The monoisotopic (exact) mass is 552 g/mol. The largest absolute Gasteiger partial charge is 0.494 e. The Bertz CT molecular complexity index is 1560. The highest BCUT2D eigenvalue weighted by Gasteiger charge is 2.23. The van der Waals surface area contributed by atoms with E-state index >= 15 is 0 Å². The van der Waals surface area contributed by atoms with Gasteiger partial charge in [-0.3, -0.25) is 9.69 Å². The van der Waals surface area contributed by atoms with Crippen molar-refractivity contribution >= 4 is 39.8 Å². The van der Waals surface area contributed by atoms with Gasteiger partial charge in [0.05, 0.1) is 23.9 Å². The van der Waals surface area contributed by atoms with Crippen LogP contribution in [0.4, 0.5) is 23.0 Å². The molecule has 4 aromatic rings. The number of amides is 1. The van der Waals surface area contributed by atoms with Crippen LogP contribution in [0, 0.1) is 0 Å². The zero-order valence-electron chi connectivity index (χ0n) is 23.7. The van der Waals surface area contributed by atoms with Crippen molar-refractivity contribution in [3.05, 3.63) is 79.5 Å². The molecule has 5 rings (SSSR count). The molecule has 2 heterocycles. The summed E-state index contributed by atoms with van der Waals surface area (Å²) in [4.78, 5) is 25.8. The number of hydrogen-bond acceptors (Lipinski definition) is 8. The van der Waals surface area contributed by atoms with E-state index in [9.17, 15) is 9.90 Å². The molecule has 1 saturated heterocycles. The lowest BCUT2D eigenvalue weighted by Crippen LogP contribution is -2.50. The second-order valence-corrected chi connectivity index (χ2v) is 10.8. The van der Waals surface area contributed by atoms with Gasteiger partial charge < -0.3 is 25.4 Å². The van der Waals surface area contributed by atoms with E-state index in [2.05, 4.69) is 38.1 Å². The van der Waals surface area contributed by atoms with E-state index in [1.807, 2.05) is 68.4 Å². The minimum Gasteiger partial charge on any atom is -0.494 e. The number of piperazine rings is 1. The van der Waals surface area contributed by atoms with E-state index in [1.54, 1.807) is 13.3 Å². The first kappa shape index (κ1) is 28.1. The van der Waals surface area contributed by atoms with E-state index in [1.165, 1.54) is 6.08 Å². The average molecular weight is 553 g/mol. The molecule has 0 radical (unpaired) electrons. The molecule has 9 nitrogen and oxygen atoms in total. The molecule has 0 spiro atoms.